The fourth-order valence-electron chi connectivity index (χ4n) is 4.25. The van der Waals surface area contributed by atoms with Gasteiger partial charge in [-0.1, -0.05) is 22.9 Å². The smallest absolute Gasteiger partial charge is 0.329 e. The molecular weight excluding hydrogens is 593 g/mol. The van der Waals surface area contributed by atoms with Gasteiger partial charge in [-0.3, -0.25) is 0 Å². The monoisotopic (exact) mass is 619 g/mol. The van der Waals surface area contributed by atoms with Crippen LogP contribution in [0.25, 0.3) is 21.5 Å². The number of carboxylic acid groups (broad SMARTS) is 1. The SMILES string of the molecule is Cc1nc2ccc(N=C(N=CN)C3CC(n4cc(-c5ccc(Cl)c(F)c5)nn4)C(O)C(CO)O3)cc2s1.O=C(O)CO. The molecule has 222 valence electrons. The number of aryl methyl sites for hydroxylation is 1. The first-order valence-corrected chi connectivity index (χ1v) is 13.7. The van der Waals surface area contributed by atoms with Gasteiger partial charge < -0.3 is 30.9 Å². The molecule has 6 N–H and O–H groups in total. The number of ether oxygens (including phenoxy) is 1. The van der Waals surface area contributed by atoms with Gasteiger partial charge in [-0.15, -0.1) is 16.4 Å². The van der Waals surface area contributed by atoms with Gasteiger partial charge >= 0.3 is 5.97 Å². The molecule has 3 heterocycles. The van der Waals surface area contributed by atoms with Crippen LogP contribution in [0.5, 0.6) is 0 Å². The van der Waals surface area contributed by atoms with Gasteiger partial charge in [-0.25, -0.2) is 28.8 Å². The highest BCUT2D eigenvalue weighted by molar-refractivity contribution is 7.18. The number of aliphatic imine (C=N–C) groups is 2. The summed E-state index contributed by atoms with van der Waals surface area (Å²) in [6, 6.07) is 9.29. The van der Waals surface area contributed by atoms with E-state index in [0.717, 1.165) is 21.6 Å². The molecule has 1 aliphatic heterocycles. The Morgan fingerprint density at radius 3 is 2.74 bits per heavy atom. The Morgan fingerprint density at radius 1 is 1.31 bits per heavy atom. The second kappa shape index (κ2) is 13.9. The van der Waals surface area contributed by atoms with E-state index < -0.39 is 49.4 Å². The number of nitrogens with two attached hydrogens (primary N) is 1. The van der Waals surface area contributed by atoms with Crippen molar-refractivity contribution in [1.82, 2.24) is 20.0 Å². The van der Waals surface area contributed by atoms with Crippen molar-refractivity contribution in [3.63, 3.8) is 0 Å². The van der Waals surface area contributed by atoms with E-state index in [2.05, 4.69) is 25.3 Å². The minimum atomic E-state index is -1.19. The summed E-state index contributed by atoms with van der Waals surface area (Å²) in [6.07, 6.45) is 0.175. The van der Waals surface area contributed by atoms with Gasteiger partial charge in [0.25, 0.3) is 0 Å². The van der Waals surface area contributed by atoms with E-state index in [1.54, 1.807) is 23.6 Å². The number of halogens is 2. The van der Waals surface area contributed by atoms with Crippen molar-refractivity contribution < 1.29 is 34.3 Å². The third-order valence-corrected chi connectivity index (χ3v) is 7.41. The molecule has 1 saturated heterocycles. The summed E-state index contributed by atoms with van der Waals surface area (Å²) in [6.45, 7) is 0.719. The fourth-order valence-corrected chi connectivity index (χ4v) is 5.23. The zero-order chi connectivity index (χ0) is 30.4. The van der Waals surface area contributed by atoms with Crippen LogP contribution in [0.3, 0.4) is 0 Å². The number of carboxylic acids is 1. The van der Waals surface area contributed by atoms with Crippen molar-refractivity contribution >= 4 is 57.0 Å². The van der Waals surface area contributed by atoms with Gasteiger partial charge in [0.1, 0.15) is 36.4 Å². The average Bonchev–Trinajstić information content (AvgIpc) is 3.61. The van der Waals surface area contributed by atoms with Crippen LogP contribution < -0.4 is 5.73 Å². The van der Waals surface area contributed by atoms with Crippen LogP contribution in [-0.4, -0.2) is 90.1 Å². The first kappa shape index (κ1) is 31.1. The maximum absolute atomic E-state index is 14.0. The second-order valence-electron chi connectivity index (χ2n) is 9.04. The Hall–Kier alpha value is -3.86. The number of carbonyl (C=O) groups is 1. The molecule has 4 unspecified atom stereocenters. The Balaban J connectivity index is 0.000000748. The number of rotatable bonds is 6. The van der Waals surface area contributed by atoms with Crippen molar-refractivity contribution in [2.24, 2.45) is 15.7 Å². The van der Waals surface area contributed by atoms with Gasteiger partial charge in [-0.2, -0.15) is 0 Å². The molecule has 2 aromatic heterocycles. The Labute approximate surface area is 247 Å². The van der Waals surface area contributed by atoms with Crippen LogP contribution in [-0.2, 0) is 9.53 Å². The molecular formula is C26H27ClFN7O6S. The average molecular weight is 620 g/mol. The molecule has 1 aliphatic rings. The lowest BCUT2D eigenvalue weighted by Crippen LogP contribution is -2.49. The lowest BCUT2D eigenvalue weighted by molar-refractivity contribution is -0.140. The molecule has 0 radical (unpaired) electrons. The number of nitrogens with zero attached hydrogens (tertiary/aromatic N) is 6. The number of benzene rings is 2. The molecule has 0 bridgehead atoms. The van der Waals surface area contributed by atoms with E-state index in [1.807, 2.05) is 25.1 Å². The predicted molar refractivity (Wildman–Crippen MR) is 155 cm³/mol. The number of amidine groups is 1. The molecule has 13 nitrogen and oxygen atoms in total. The zero-order valence-electron chi connectivity index (χ0n) is 22.1. The highest BCUT2D eigenvalue weighted by Gasteiger charge is 2.41. The van der Waals surface area contributed by atoms with Crippen LogP contribution in [0.2, 0.25) is 5.02 Å². The van der Waals surface area contributed by atoms with E-state index in [9.17, 15) is 14.6 Å². The van der Waals surface area contributed by atoms with Crippen LogP contribution >= 0.6 is 22.9 Å². The Bertz CT molecular complexity index is 1610. The predicted octanol–water partition coefficient (Wildman–Crippen LogP) is 2.49. The third-order valence-electron chi connectivity index (χ3n) is 6.17. The summed E-state index contributed by atoms with van der Waals surface area (Å²) < 4.78 is 22.4. The van der Waals surface area contributed by atoms with E-state index >= 15 is 0 Å². The normalized spacial score (nSPS) is 21.0. The number of hydrogen-bond donors (Lipinski definition) is 5. The molecule has 0 aliphatic carbocycles. The minimum absolute atomic E-state index is 0.00141. The summed E-state index contributed by atoms with van der Waals surface area (Å²) in [5.41, 5.74) is 8.00. The topological polar surface area (TPSA) is 202 Å². The highest BCUT2D eigenvalue weighted by atomic mass is 35.5. The van der Waals surface area contributed by atoms with Crippen molar-refractivity contribution in [2.45, 2.75) is 37.7 Å². The molecule has 5 rings (SSSR count). The van der Waals surface area contributed by atoms with Gasteiger partial charge in [0.2, 0.25) is 0 Å². The van der Waals surface area contributed by atoms with Gasteiger partial charge in [0.15, 0.2) is 5.84 Å². The summed E-state index contributed by atoms with van der Waals surface area (Å²) in [4.78, 5) is 22.5. The first-order valence-electron chi connectivity index (χ1n) is 12.5. The number of aliphatic hydroxyl groups excluding tert-OH is 3. The third kappa shape index (κ3) is 7.31. The van der Waals surface area contributed by atoms with Crippen LogP contribution in [0.1, 0.15) is 17.5 Å². The minimum Gasteiger partial charge on any atom is -0.480 e. The van der Waals surface area contributed by atoms with Crippen LogP contribution in [0.15, 0.2) is 52.6 Å². The number of fused-ring (bicyclic) bond motifs is 1. The number of aliphatic carboxylic acids is 1. The zero-order valence-corrected chi connectivity index (χ0v) is 23.7. The number of aliphatic hydroxyl groups is 3. The Kier molecular flexibility index (Phi) is 10.3. The van der Waals surface area contributed by atoms with E-state index in [1.165, 1.54) is 16.8 Å². The molecule has 2 aromatic carbocycles. The highest BCUT2D eigenvalue weighted by Crippen LogP contribution is 2.33. The molecule has 1 fully saturated rings. The lowest BCUT2D eigenvalue weighted by Gasteiger charge is -2.38. The fraction of sp³-hybridized carbons (Fsp3) is 0.308. The second-order valence-corrected chi connectivity index (χ2v) is 10.7. The molecule has 4 aromatic rings. The molecule has 0 amide bonds. The van der Waals surface area contributed by atoms with E-state index in [4.69, 9.17) is 37.1 Å². The Morgan fingerprint density at radius 2 is 2.07 bits per heavy atom. The lowest BCUT2D eigenvalue weighted by atomic mass is 9.95. The van der Waals surface area contributed by atoms with Crippen LogP contribution in [0.4, 0.5) is 10.1 Å². The summed E-state index contributed by atoms with van der Waals surface area (Å²) in [5, 5.41) is 45.1. The van der Waals surface area contributed by atoms with Gasteiger partial charge in [0.05, 0.1) is 51.1 Å². The van der Waals surface area contributed by atoms with Gasteiger partial charge in [-0.05, 0) is 37.3 Å². The number of hydrogen-bond acceptors (Lipinski definition) is 10. The maximum atomic E-state index is 14.0. The summed E-state index contributed by atoms with van der Waals surface area (Å²) in [7, 11) is 0. The van der Waals surface area contributed by atoms with E-state index in [0.29, 0.717) is 16.9 Å². The molecule has 42 heavy (non-hydrogen) atoms. The molecule has 4 atom stereocenters. The standard InChI is InChI=1S/C24H23ClFN7O3S.C2H4O3/c1-12-29-17-5-3-14(7-22(17)37-12)30-24(28-11-27)20-8-19(23(35)21(10-34)36-20)33-9-18(31-32-33)13-2-4-15(25)16(26)6-13;3-1-2(4)5/h2-7,9,11,19-21,23,34-35H,8,10H2,1H3,(H2,27,28,30);3H,1H2,(H,4,5). The van der Waals surface area contributed by atoms with Crippen LogP contribution in [0, 0.1) is 12.7 Å². The van der Waals surface area contributed by atoms with Crippen molar-refractivity contribution in [3.8, 4) is 11.3 Å². The number of aromatic nitrogens is 4. The van der Waals surface area contributed by atoms with Crippen molar-refractivity contribution in [2.75, 3.05) is 13.2 Å². The molecule has 0 spiro atoms. The first-order chi connectivity index (χ1) is 20.1. The maximum Gasteiger partial charge on any atom is 0.329 e. The quantitative estimate of drug-likeness (QED) is 0.158. The van der Waals surface area contributed by atoms with Crippen molar-refractivity contribution in [3.05, 3.63) is 58.4 Å². The largest absolute Gasteiger partial charge is 0.480 e. The number of thiazole rings is 1. The van der Waals surface area contributed by atoms with E-state index in [-0.39, 0.29) is 17.3 Å². The van der Waals surface area contributed by atoms with Crippen molar-refractivity contribution in [1.29, 1.82) is 0 Å². The molecule has 0 saturated carbocycles. The summed E-state index contributed by atoms with van der Waals surface area (Å²) >= 11 is 7.34. The van der Waals surface area contributed by atoms with Gasteiger partial charge in [0, 0.05) is 12.0 Å². The summed E-state index contributed by atoms with van der Waals surface area (Å²) in [5.74, 6) is -1.49. The molecule has 16 heteroatoms.